The number of nitrogens with zero attached hydrogens (tertiary/aromatic N) is 1. The van der Waals surface area contributed by atoms with E-state index in [1.807, 2.05) is 6.92 Å². The highest BCUT2D eigenvalue weighted by molar-refractivity contribution is 5.61. The maximum atomic E-state index is 12.9. The highest BCUT2D eigenvalue weighted by Gasteiger charge is 2.14. The van der Waals surface area contributed by atoms with E-state index in [0.717, 1.165) is 18.9 Å². The average molecular weight is 256 g/mol. The molecule has 0 heterocycles. The van der Waals surface area contributed by atoms with Crippen molar-refractivity contribution in [3.05, 3.63) is 34.1 Å². The van der Waals surface area contributed by atoms with Gasteiger partial charge in [0.25, 0.3) is 5.69 Å². The number of aliphatic hydroxyl groups excluding tert-OH is 1. The minimum Gasteiger partial charge on any atom is -0.396 e. The first-order chi connectivity index (χ1) is 8.54. The maximum absolute atomic E-state index is 12.9. The monoisotopic (exact) mass is 256 g/mol. The molecule has 0 aromatic heterocycles. The molecule has 1 aromatic rings. The fraction of sp³-hybridized carbons (Fsp3) is 0.500. The van der Waals surface area contributed by atoms with Crippen LogP contribution >= 0.6 is 0 Å². The molecule has 1 unspecified atom stereocenters. The van der Waals surface area contributed by atoms with Gasteiger partial charge in [-0.2, -0.15) is 0 Å². The molecule has 0 bridgehead atoms. The van der Waals surface area contributed by atoms with Gasteiger partial charge in [-0.15, -0.1) is 0 Å². The predicted molar refractivity (Wildman–Crippen MR) is 67.0 cm³/mol. The Labute approximate surface area is 105 Å². The molecule has 0 amide bonds. The summed E-state index contributed by atoms with van der Waals surface area (Å²) in [5.74, 6) is -0.406. The molecule has 1 atom stereocenters. The van der Waals surface area contributed by atoms with Crippen molar-refractivity contribution in [2.75, 3.05) is 18.5 Å². The SMILES string of the molecule is CC(CO)CCCNc1ccc(F)cc1[N+](=O)[O-]. The van der Waals surface area contributed by atoms with Gasteiger partial charge in [-0.1, -0.05) is 6.92 Å². The van der Waals surface area contributed by atoms with E-state index >= 15 is 0 Å². The quantitative estimate of drug-likeness (QED) is 0.446. The molecule has 1 rings (SSSR count). The molecule has 0 radical (unpaired) electrons. The summed E-state index contributed by atoms with van der Waals surface area (Å²) in [4.78, 5) is 10.1. The minimum atomic E-state index is -0.624. The molecule has 0 fully saturated rings. The molecule has 5 nitrogen and oxygen atoms in total. The summed E-state index contributed by atoms with van der Waals surface area (Å²) in [5, 5.41) is 22.5. The summed E-state index contributed by atoms with van der Waals surface area (Å²) >= 11 is 0. The Morgan fingerprint density at radius 1 is 1.56 bits per heavy atom. The number of halogens is 1. The van der Waals surface area contributed by atoms with Crippen LogP contribution in [0.2, 0.25) is 0 Å². The second kappa shape index (κ2) is 6.90. The summed E-state index contributed by atoms with van der Waals surface area (Å²) in [6, 6.07) is 3.45. The number of nitrogens with one attached hydrogen (secondary N) is 1. The highest BCUT2D eigenvalue weighted by Crippen LogP contribution is 2.24. The van der Waals surface area contributed by atoms with E-state index in [9.17, 15) is 14.5 Å². The number of rotatable bonds is 7. The second-order valence-corrected chi connectivity index (χ2v) is 4.28. The van der Waals surface area contributed by atoms with Gasteiger partial charge in [0.1, 0.15) is 11.5 Å². The largest absolute Gasteiger partial charge is 0.396 e. The molecule has 0 saturated heterocycles. The number of aliphatic hydroxyl groups is 1. The Kier molecular flexibility index (Phi) is 5.51. The van der Waals surface area contributed by atoms with Crippen LogP contribution in [0.25, 0.3) is 0 Å². The van der Waals surface area contributed by atoms with Crippen molar-refractivity contribution in [1.29, 1.82) is 0 Å². The Hall–Kier alpha value is -1.69. The van der Waals surface area contributed by atoms with Gasteiger partial charge in [0.2, 0.25) is 0 Å². The van der Waals surface area contributed by atoms with Gasteiger partial charge >= 0.3 is 0 Å². The van der Waals surface area contributed by atoms with E-state index in [-0.39, 0.29) is 18.2 Å². The van der Waals surface area contributed by atoms with Gasteiger partial charge < -0.3 is 10.4 Å². The van der Waals surface area contributed by atoms with E-state index in [0.29, 0.717) is 12.2 Å². The van der Waals surface area contributed by atoms with Crippen LogP contribution in [0.1, 0.15) is 19.8 Å². The fourth-order valence-electron chi connectivity index (χ4n) is 1.57. The number of hydrogen-bond donors (Lipinski definition) is 2. The fourth-order valence-corrected chi connectivity index (χ4v) is 1.57. The molecule has 6 heteroatoms. The molecule has 100 valence electrons. The Morgan fingerprint density at radius 2 is 2.28 bits per heavy atom. The highest BCUT2D eigenvalue weighted by atomic mass is 19.1. The second-order valence-electron chi connectivity index (χ2n) is 4.28. The summed E-state index contributed by atoms with van der Waals surface area (Å²) in [6.07, 6.45) is 1.62. The maximum Gasteiger partial charge on any atom is 0.295 e. The van der Waals surface area contributed by atoms with Crippen molar-refractivity contribution < 1.29 is 14.4 Å². The minimum absolute atomic E-state index is 0.136. The van der Waals surface area contributed by atoms with E-state index < -0.39 is 10.7 Å². The van der Waals surface area contributed by atoms with Crippen LogP contribution in [0.15, 0.2) is 18.2 Å². The zero-order valence-electron chi connectivity index (χ0n) is 10.2. The van der Waals surface area contributed by atoms with E-state index in [1.54, 1.807) is 0 Å². The molecule has 18 heavy (non-hydrogen) atoms. The Bertz CT molecular complexity index is 412. The van der Waals surface area contributed by atoms with Gasteiger partial charge in [0.05, 0.1) is 11.0 Å². The third kappa shape index (κ3) is 4.29. The summed E-state index contributed by atoms with van der Waals surface area (Å²) in [5.41, 5.74) is 0.0586. The lowest BCUT2D eigenvalue weighted by Crippen LogP contribution is -2.08. The van der Waals surface area contributed by atoms with Gasteiger partial charge in [0, 0.05) is 13.2 Å². The van der Waals surface area contributed by atoms with Crippen molar-refractivity contribution in [2.24, 2.45) is 5.92 Å². The zero-order valence-corrected chi connectivity index (χ0v) is 10.2. The van der Waals surface area contributed by atoms with Crippen LogP contribution in [-0.2, 0) is 0 Å². The third-order valence-electron chi connectivity index (χ3n) is 2.66. The van der Waals surface area contributed by atoms with Crippen LogP contribution < -0.4 is 5.32 Å². The zero-order chi connectivity index (χ0) is 13.5. The Morgan fingerprint density at radius 3 is 2.89 bits per heavy atom. The molecule has 0 aliphatic heterocycles. The van der Waals surface area contributed by atoms with Crippen LogP contribution in [0.3, 0.4) is 0 Å². The van der Waals surface area contributed by atoms with Crippen molar-refractivity contribution in [3.8, 4) is 0 Å². The molecule has 1 aromatic carbocycles. The standard InChI is InChI=1S/C12H17FN2O3/c1-9(8-16)3-2-6-14-11-5-4-10(13)7-12(11)15(17)18/h4-5,7,9,14,16H,2-3,6,8H2,1H3. The number of hydrogen-bond acceptors (Lipinski definition) is 4. The summed E-state index contributed by atoms with van der Waals surface area (Å²) in [6.45, 7) is 2.62. The molecular weight excluding hydrogens is 239 g/mol. The normalized spacial score (nSPS) is 12.2. The lowest BCUT2D eigenvalue weighted by molar-refractivity contribution is -0.384. The lowest BCUT2D eigenvalue weighted by Gasteiger charge is -2.09. The van der Waals surface area contributed by atoms with E-state index in [2.05, 4.69) is 5.32 Å². The van der Waals surface area contributed by atoms with Crippen molar-refractivity contribution >= 4 is 11.4 Å². The average Bonchev–Trinajstić information content (AvgIpc) is 2.35. The van der Waals surface area contributed by atoms with Crippen molar-refractivity contribution in [1.82, 2.24) is 0 Å². The molecule has 0 aliphatic rings. The van der Waals surface area contributed by atoms with E-state index in [1.165, 1.54) is 12.1 Å². The first kappa shape index (κ1) is 14.4. The third-order valence-corrected chi connectivity index (χ3v) is 2.66. The number of nitro groups is 1. The van der Waals surface area contributed by atoms with Gasteiger partial charge in [-0.05, 0) is 30.9 Å². The van der Waals surface area contributed by atoms with E-state index in [4.69, 9.17) is 5.11 Å². The van der Waals surface area contributed by atoms with Crippen LogP contribution in [0.4, 0.5) is 15.8 Å². The number of nitro benzene ring substituents is 1. The van der Waals surface area contributed by atoms with Gasteiger partial charge in [-0.25, -0.2) is 4.39 Å². The van der Waals surface area contributed by atoms with Gasteiger partial charge in [0.15, 0.2) is 0 Å². The molecule has 2 N–H and O–H groups in total. The number of anilines is 1. The predicted octanol–water partition coefficient (Wildman–Crippen LogP) is 2.55. The first-order valence-electron chi connectivity index (χ1n) is 5.83. The van der Waals surface area contributed by atoms with Crippen molar-refractivity contribution in [3.63, 3.8) is 0 Å². The smallest absolute Gasteiger partial charge is 0.295 e. The lowest BCUT2D eigenvalue weighted by atomic mass is 10.1. The topological polar surface area (TPSA) is 75.4 Å². The molecular formula is C12H17FN2O3. The van der Waals surface area contributed by atoms with Crippen LogP contribution in [-0.4, -0.2) is 23.2 Å². The first-order valence-corrected chi connectivity index (χ1v) is 5.83. The van der Waals surface area contributed by atoms with Crippen molar-refractivity contribution in [2.45, 2.75) is 19.8 Å². The molecule has 0 spiro atoms. The van der Waals surface area contributed by atoms with Crippen LogP contribution in [0, 0.1) is 21.8 Å². The summed E-state index contributed by atoms with van der Waals surface area (Å²) in [7, 11) is 0. The molecule has 0 aliphatic carbocycles. The molecule has 0 saturated carbocycles. The Balaban J connectivity index is 2.54. The number of benzene rings is 1. The van der Waals surface area contributed by atoms with Crippen LogP contribution in [0.5, 0.6) is 0 Å². The van der Waals surface area contributed by atoms with Gasteiger partial charge in [-0.3, -0.25) is 10.1 Å². The summed E-state index contributed by atoms with van der Waals surface area (Å²) < 4.78 is 12.9.